The van der Waals surface area contributed by atoms with Gasteiger partial charge in [0.25, 0.3) is 0 Å². The van der Waals surface area contributed by atoms with E-state index in [4.69, 9.17) is 18.9 Å². The van der Waals surface area contributed by atoms with Crippen LogP contribution in [0.25, 0.3) is 0 Å². The third-order valence-corrected chi connectivity index (χ3v) is 5.05. The lowest BCUT2D eigenvalue weighted by molar-refractivity contribution is 0.0573. The second kappa shape index (κ2) is 12.8. The molecule has 1 saturated heterocycles. The van der Waals surface area contributed by atoms with Crippen LogP contribution in [0, 0.1) is 0 Å². The summed E-state index contributed by atoms with van der Waals surface area (Å²) in [5.41, 5.74) is 0. The Hall–Kier alpha value is 0.140. The number of rotatable bonds is 0. The fraction of sp³-hybridized carbons (Fsp3) is 1.00. The van der Waals surface area contributed by atoms with Gasteiger partial charge < -0.3 is 18.9 Å². The van der Waals surface area contributed by atoms with Crippen LogP contribution >= 0.6 is 0 Å². The molecular weight excluding hydrogens is 304 g/mol. The first kappa shape index (κ1) is 18.2. The van der Waals surface area contributed by atoms with Crippen molar-refractivity contribution in [2.75, 3.05) is 75.9 Å². The minimum atomic E-state index is -0.901. The van der Waals surface area contributed by atoms with Crippen molar-refractivity contribution in [2.24, 2.45) is 0 Å². The first-order valence-electron chi connectivity index (χ1n) is 6.80. The average Bonchev–Trinajstić information content (AvgIpc) is 2.43. The molecule has 120 valence electrons. The highest BCUT2D eigenvalue weighted by Gasteiger charge is 2.03. The highest BCUT2D eigenvalue weighted by molar-refractivity contribution is 7.85. The molecule has 0 radical (unpaired) electrons. The molecule has 0 bridgehead atoms. The van der Waals surface area contributed by atoms with Crippen molar-refractivity contribution in [3.05, 3.63) is 0 Å². The van der Waals surface area contributed by atoms with E-state index in [-0.39, 0.29) is 0 Å². The Morgan fingerprint density at radius 3 is 0.950 bits per heavy atom. The summed E-state index contributed by atoms with van der Waals surface area (Å²) < 4.78 is 44.4. The number of ether oxygens (including phenoxy) is 4. The summed E-state index contributed by atoms with van der Waals surface area (Å²) in [4.78, 5) is 0. The van der Waals surface area contributed by atoms with Crippen LogP contribution in [-0.4, -0.2) is 84.3 Å². The zero-order valence-electron chi connectivity index (χ0n) is 11.8. The lowest BCUT2D eigenvalue weighted by Gasteiger charge is -2.08. The van der Waals surface area contributed by atoms with Crippen LogP contribution in [0.1, 0.15) is 0 Å². The van der Waals surface area contributed by atoms with Crippen molar-refractivity contribution in [2.45, 2.75) is 0 Å². The molecule has 1 fully saturated rings. The van der Waals surface area contributed by atoms with Crippen LogP contribution in [0.4, 0.5) is 0 Å². The maximum atomic E-state index is 11.6. The zero-order chi connectivity index (χ0) is 14.5. The second-order valence-corrected chi connectivity index (χ2v) is 7.54. The normalized spacial score (nSPS) is 30.2. The van der Waals surface area contributed by atoms with Crippen LogP contribution in [0.15, 0.2) is 0 Å². The highest BCUT2D eigenvalue weighted by atomic mass is 32.2. The van der Waals surface area contributed by atoms with E-state index in [9.17, 15) is 8.42 Å². The standard InChI is InChI=1S/C12H24O6S2/c13-19-9-5-15-1-2-16-6-10-20(14)12-8-18-4-3-17-7-11-19/h1-12H2. The number of hydrogen-bond acceptors (Lipinski definition) is 6. The molecule has 6 nitrogen and oxygen atoms in total. The fourth-order valence-electron chi connectivity index (χ4n) is 1.46. The predicted molar refractivity (Wildman–Crippen MR) is 79.0 cm³/mol. The molecule has 1 rings (SSSR count). The van der Waals surface area contributed by atoms with Gasteiger partial charge in [-0.15, -0.1) is 0 Å². The van der Waals surface area contributed by atoms with E-state index in [0.717, 1.165) is 0 Å². The summed E-state index contributed by atoms with van der Waals surface area (Å²) >= 11 is 0. The van der Waals surface area contributed by atoms with E-state index in [1.807, 2.05) is 0 Å². The van der Waals surface area contributed by atoms with Gasteiger partial charge in [-0.05, 0) is 0 Å². The van der Waals surface area contributed by atoms with Gasteiger partial charge in [0.05, 0.1) is 52.9 Å². The van der Waals surface area contributed by atoms with Crippen LogP contribution in [0.3, 0.4) is 0 Å². The summed E-state index contributed by atoms with van der Waals surface area (Å²) in [6, 6.07) is 0. The lowest BCUT2D eigenvalue weighted by Crippen LogP contribution is -2.18. The SMILES string of the molecule is O=S1CCOCCOCCS(=O)CCOCCOCC1. The summed E-state index contributed by atoms with van der Waals surface area (Å²) in [5.74, 6) is 2.07. The molecule has 8 heteroatoms. The van der Waals surface area contributed by atoms with Gasteiger partial charge in [0.15, 0.2) is 0 Å². The van der Waals surface area contributed by atoms with Gasteiger partial charge in [0, 0.05) is 44.6 Å². The Morgan fingerprint density at radius 1 is 0.450 bits per heavy atom. The summed E-state index contributed by atoms with van der Waals surface area (Å²) in [6.07, 6.45) is 0. The summed E-state index contributed by atoms with van der Waals surface area (Å²) in [5, 5.41) is 0. The molecule has 0 saturated carbocycles. The van der Waals surface area contributed by atoms with Gasteiger partial charge in [-0.25, -0.2) is 0 Å². The van der Waals surface area contributed by atoms with Crippen LogP contribution < -0.4 is 0 Å². The van der Waals surface area contributed by atoms with Crippen LogP contribution in [-0.2, 0) is 40.5 Å². The first-order chi connectivity index (χ1) is 9.79. The van der Waals surface area contributed by atoms with E-state index in [2.05, 4.69) is 0 Å². The smallest absolute Gasteiger partial charge is 0.0700 e. The predicted octanol–water partition coefficient (Wildman–Crippen LogP) is -0.436. The third kappa shape index (κ3) is 10.9. The molecule has 0 aromatic rings. The van der Waals surface area contributed by atoms with Gasteiger partial charge in [-0.3, -0.25) is 8.42 Å². The average molecular weight is 328 g/mol. The Labute approximate surface area is 125 Å². The topological polar surface area (TPSA) is 71.1 Å². The van der Waals surface area contributed by atoms with E-state index < -0.39 is 21.6 Å². The van der Waals surface area contributed by atoms with Crippen LogP contribution in [0.2, 0.25) is 0 Å². The van der Waals surface area contributed by atoms with Gasteiger partial charge in [-0.2, -0.15) is 0 Å². The van der Waals surface area contributed by atoms with Crippen molar-refractivity contribution < 1.29 is 27.4 Å². The molecule has 0 spiro atoms. The Bertz CT molecular complexity index is 235. The van der Waals surface area contributed by atoms with E-state index in [0.29, 0.717) is 75.9 Å². The summed E-state index contributed by atoms with van der Waals surface area (Å²) in [6.45, 7) is 3.76. The molecule has 1 aliphatic rings. The molecule has 20 heavy (non-hydrogen) atoms. The molecule has 0 aromatic carbocycles. The molecule has 0 aromatic heterocycles. The third-order valence-electron chi connectivity index (χ3n) is 2.57. The molecule has 1 heterocycles. The maximum Gasteiger partial charge on any atom is 0.0700 e. The lowest BCUT2D eigenvalue weighted by atomic mass is 10.7. The fourth-order valence-corrected chi connectivity index (χ4v) is 3.08. The Morgan fingerprint density at radius 2 is 0.700 bits per heavy atom. The Balaban J connectivity index is 2.19. The minimum absolute atomic E-state index is 0.463. The first-order valence-corrected chi connectivity index (χ1v) is 9.77. The molecular formula is C12H24O6S2. The second-order valence-electron chi connectivity index (χ2n) is 4.15. The molecule has 0 N–H and O–H groups in total. The Kier molecular flexibility index (Phi) is 11.7. The van der Waals surface area contributed by atoms with E-state index in [1.165, 1.54) is 0 Å². The summed E-state index contributed by atoms with van der Waals surface area (Å²) in [7, 11) is -1.80. The zero-order valence-corrected chi connectivity index (χ0v) is 13.4. The van der Waals surface area contributed by atoms with Gasteiger partial charge in [-0.1, -0.05) is 0 Å². The van der Waals surface area contributed by atoms with Gasteiger partial charge in [0.2, 0.25) is 0 Å². The quantitative estimate of drug-likeness (QED) is 0.601. The largest absolute Gasteiger partial charge is 0.378 e. The molecule has 0 atom stereocenters. The van der Waals surface area contributed by atoms with Crippen molar-refractivity contribution in [3.63, 3.8) is 0 Å². The minimum Gasteiger partial charge on any atom is -0.378 e. The van der Waals surface area contributed by atoms with Gasteiger partial charge in [0.1, 0.15) is 0 Å². The van der Waals surface area contributed by atoms with Crippen molar-refractivity contribution in [1.82, 2.24) is 0 Å². The maximum absolute atomic E-state index is 11.6. The molecule has 1 aliphatic heterocycles. The van der Waals surface area contributed by atoms with Crippen molar-refractivity contribution >= 4 is 21.6 Å². The highest BCUT2D eigenvalue weighted by Crippen LogP contribution is 1.90. The molecule has 0 amide bonds. The molecule has 0 aliphatic carbocycles. The van der Waals surface area contributed by atoms with Crippen LogP contribution in [0.5, 0.6) is 0 Å². The van der Waals surface area contributed by atoms with E-state index in [1.54, 1.807) is 0 Å². The van der Waals surface area contributed by atoms with Gasteiger partial charge >= 0.3 is 0 Å². The van der Waals surface area contributed by atoms with E-state index >= 15 is 0 Å². The number of hydrogen-bond donors (Lipinski definition) is 0. The molecule has 0 unspecified atom stereocenters. The monoisotopic (exact) mass is 328 g/mol. The van der Waals surface area contributed by atoms with Crippen molar-refractivity contribution in [3.8, 4) is 0 Å². The van der Waals surface area contributed by atoms with Crippen molar-refractivity contribution in [1.29, 1.82) is 0 Å².